The number of hydrogen-bond acceptors (Lipinski definition) is 3. The van der Waals surface area contributed by atoms with Gasteiger partial charge in [0.15, 0.2) is 5.82 Å². The summed E-state index contributed by atoms with van der Waals surface area (Å²) in [7, 11) is 0. The summed E-state index contributed by atoms with van der Waals surface area (Å²) in [4.78, 5) is 15.7. The number of carbonyl (C=O) groups is 1. The maximum Gasteiger partial charge on any atom is 0.453 e. The van der Waals surface area contributed by atoms with E-state index in [2.05, 4.69) is 10.1 Å². The molecule has 6 nitrogen and oxygen atoms in total. The van der Waals surface area contributed by atoms with Gasteiger partial charge in [-0.3, -0.25) is 4.90 Å². The van der Waals surface area contributed by atoms with Gasteiger partial charge in [0.2, 0.25) is 0 Å². The number of hydrogen-bond donors (Lipinski definition) is 1. The highest BCUT2D eigenvalue weighted by molar-refractivity contribution is 5.79. The molecule has 1 N–H and O–H groups in total. The second-order valence-corrected chi connectivity index (χ2v) is 4.80. The molecule has 1 aliphatic heterocycles. The summed E-state index contributed by atoms with van der Waals surface area (Å²) in [5, 5.41) is 12.6. The molecule has 0 saturated heterocycles. The van der Waals surface area contributed by atoms with Gasteiger partial charge >= 0.3 is 12.3 Å². The van der Waals surface area contributed by atoms with Gasteiger partial charge in [-0.1, -0.05) is 6.08 Å². The Balaban J connectivity index is 2.05. The predicted octanol–water partition coefficient (Wildman–Crippen LogP) is 2.04. The maximum absolute atomic E-state index is 12.6. The summed E-state index contributed by atoms with van der Waals surface area (Å²) in [5.74, 6) is -1.05. The first-order chi connectivity index (χ1) is 9.36. The van der Waals surface area contributed by atoms with Crippen LogP contribution < -0.4 is 0 Å². The van der Waals surface area contributed by atoms with E-state index in [1.807, 2.05) is 0 Å². The molecule has 1 amide bonds. The summed E-state index contributed by atoms with van der Waals surface area (Å²) in [5.41, 5.74) is 0.203. The minimum atomic E-state index is -4.64. The van der Waals surface area contributed by atoms with Crippen LogP contribution in [0.4, 0.5) is 18.0 Å². The Hall–Kier alpha value is -2.06. The number of aromatic nitrogens is 3. The van der Waals surface area contributed by atoms with Crippen LogP contribution in [-0.2, 0) is 12.7 Å². The summed E-state index contributed by atoms with van der Waals surface area (Å²) >= 11 is 0. The van der Waals surface area contributed by atoms with Crippen LogP contribution in [0.25, 0.3) is 5.70 Å². The van der Waals surface area contributed by atoms with Crippen LogP contribution in [0.1, 0.15) is 24.5 Å². The first-order valence-electron chi connectivity index (χ1n) is 6.11. The van der Waals surface area contributed by atoms with Gasteiger partial charge in [-0.25, -0.2) is 14.5 Å². The fraction of sp³-hybridized carbons (Fsp3) is 0.545. The molecule has 2 aliphatic rings. The van der Waals surface area contributed by atoms with Crippen molar-refractivity contribution in [3.05, 3.63) is 17.7 Å². The van der Waals surface area contributed by atoms with Crippen molar-refractivity contribution in [1.82, 2.24) is 19.7 Å². The van der Waals surface area contributed by atoms with E-state index in [1.165, 1.54) is 0 Å². The van der Waals surface area contributed by atoms with Crippen LogP contribution >= 0.6 is 0 Å². The van der Waals surface area contributed by atoms with Crippen LogP contribution in [0.5, 0.6) is 0 Å². The number of alkyl halides is 3. The molecule has 0 aromatic carbocycles. The predicted molar refractivity (Wildman–Crippen MR) is 60.5 cm³/mol. The van der Waals surface area contributed by atoms with Crippen molar-refractivity contribution in [2.75, 3.05) is 6.54 Å². The molecule has 20 heavy (non-hydrogen) atoms. The van der Waals surface area contributed by atoms with Crippen molar-refractivity contribution >= 4 is 11.8 Å². The highest BCUT2D eigenvalue weighted by atomic mass is 19.4. The fourth-order valence-corrected chi connectivity index (χ4v) is 2.09. The van der Waals surface area contributed by atoms with Gasteiger partial charge in [0.1, 0.15) is 0 Å². The minimum Gasteiger partial charge on any atom is -0.465 e. The third-order valence-corrected chi connectivity index (χ3v) is 3.23. The lowest BCUT2D eigenvalue weighted by Crippen LogP contribution is -2.37. The zero-order valence-electron chi connectivity index (χ0n) is 10.3. The Morgan fingerprint density at radius 1 is 1.35 bits per heavy atom. The van der Waals surface area contributed by atoms with Gasteiger partial charge in [0.05, 0.1) is 12.2 Å². The first-order valence-corrected chi connectivity index (χ1v) is 6.11. The number of amides is 1. The third kappa shape index (κ3) is 2.23. The quantitative estimate of drug-likeness (QED) is 0.858. The van der Waals surface area contributed by atoms with Gasteiger partial charge in [0.25, 0.3) is 5.82 Å². The molecule has 1 saturated carbocycles. The molecule has 1 aromatic heterocycles. The average Bonchev–Trinajstić information content (AvgIpc) is 3.03. The summed E-state index contributed by atoms with van der Waals surface area (Å²) in [6.45, 7) is 0.133. The number of nitrogens with zero attached hydrogens (tertiary/aromatic N) is 4. The molecule has 9 heteroatoms. The van der Waals surface area contributed by atoms with Gasteiger partial charge in [-0.05, 0) is 18.8 Å². The van der Waals surface area contributed by atoms with Crippen molar-refractivity contribution in [3.8, 4) is 0 Å². The zero-order valence-corrected chi connectivity index (χ0v) is 10.3. The molecule has 1 aromatic rings. The minimum absolute atomic E-state index is 0.0297. The zero-order chi connectivity index (χ0) is 14.5. The van der Waals surface area contributed by atoms with Gasteiger partial charge < -0.3 is 5.11 Å². The Morgan fingerprint density at radius 3 is 2.60 bits per heavy atom. The van der Waals surface area contributed by atoms with E-state index in [9.17, 15) is 18.0 Å². The molecule has 0 atom stereocenters. The molecule has 3 rings (SSSR count). The second kappa shape index (κ2) is 4.22. The molecule has 0 unspecified atom stereocenters. The molecule has 0 spiro atoms. The van der Waals surface area contributed by atoms with E-state index in [4.69, 9.17) is 5.11 Å². The molecule has 108 valence electrons. The monoisotopic (exact) mass is 288 g/mol. The standard InChI is InChI=1S/C11H11F3N4O2/c12-11(13,14)9-15-8-7(5-6-1-2-6)17(10(19)20)3-4-18(8)16-9/h5-6H,1-4H2,(H,19,20). The van der Waals surface area contributed by atoms with Gasteiger partial charge in [0, 0.05) is 6.54 Å². The normalized spacial score (nSPS) is 21.1. The second-order valence-electron chi connectivity index (χ2n) is 4.80. The number of allylic oxidation sites excluding steroid dienone is 1. The van der Waals surface area contributed by atoms with Crippen molar-refractivity contribution in [2.24, 2.45) is 5.92 Å². The average molecular weight is 288 g/mol. The van der Waals surface area contributed by atoms with Crippen molar-refractivity contribution < 1.29 is 23.1 Å². The SMILES string of the molecule is O=C(O)N1CCn2nc(C(F)(F)F)nc2C1=CC1CC1. The van der Waals surface area contributed by atoms with Gasteiger partial charge in [-0.2, -0.15) is 13.2 Å². The van der Waals surface area contributed by atoms with E-state index in [0.29, 0.717) is 0 Å². The van der Waals surface area contributed by atoms with Crippen LogP contribution in [-0.4, -0.2) is 37.4 Å². The molecular formula is C11H11F3N4O2. The first kappa shape index (κ1) is 12.9. The summed E-state index contributed by atoms with van der Waals surface area (Å²) in [6.07, 6.45) is -2.33. The van der Waals surface area contributed by atoms with E-state index in [0.717, 1.165) is 22.4 Å². The van der Waals surface area contributed by atoms with Crippen LogP contribution in [0, 0.1) is 5.92 Å². The third-order valence-electron chi connectivity index (χ3n) is 3.23. The fourth-order valence-electron chi connectivity index (χ4n) is 2.09. The highest BCUT2D eigenvalue weighted by Gasteiger charge is 2.40. The topological polar surface area (TPSA) is 71.2 Å². The van der Waals surface area contributed by atoms with E-state index >= 15 is 0 Å². The molecule has 2 heterocycles. The maximum atomic E-state index is 12.6. The van der Waals surface area contributed by atoms with E-state index < -0.39 is 18.1 Å². The largest absolute Gasteiger partial charge is 0.465 e. The smallest absolute Gasteiger partial charge is 0.453 e. The number of carboxylic acid groups (broad SMARTS) is 1. The Labute approximate surface area is 111 Å². The lowest BCUT2D eigenvalue weighted by atomic mass is 10.2. The van der Waals surface area contributed by atoms with Crippen molar-refractivity contribution in [3.63, 3.8) is 0 Å². The van der Waals surface area contributed by atoms with Crippen LogP contribution in [0.2, 0.25) is 0 Å². The molecule has 1 fully saturated rings. The molecule has 0 bridgehead atoms. The van der Waals surface area contributed by atoms with E-state index in [-0.39, 0.29) is 30.5 Å². The Kier molecular flexibility index (Phi) is 2.73. The van der Waals surface area contributed by atoms with Crippen molar-refractivity contribution in [2.45, 2.75) is 25.6 Å². The van der Waals surface area contributed by atoms with Crippen LogP contribution in [0.15, 0.2) is 6.08 Å². The number of rotatable bonds is 1. The Bertz CT molecular complexity index is 589. The van der Waals surface area contributed by atoms with Crippen molar-refractivity contribution in [1.29, 1.82) is 0 Å². The number of halogens is 3. The highest BCUT2D eigenvalue weighted by Crippen LogP contribution is 2.36. The van der Waals surface area contributed by atoms with E-state index in [1.54, 1.807) is 6.08 Å². The molecular weight excluding hydrogens is 277 g/mol. The number of fused-ring (bicyclic) bond motifs is 1. The Morgan fingerprint density at radius 2 is 2.05 bits per heavy atom. The summed E-state index contributed by atoms with van der Waals surface area (Å²) in [6, 6.07) is 0. The molecule has 1 aliphatic carbocycles. The lowest BCUT2D eigenvalue weighted by molar-refractivity contribution is -0.145. The van der Waals surface area contributed by atoms with Crippen LogP contribution in [0.3, 0.4) is 0 Å². The van der Waals surface area contributed by atoms with Gasteiger partial charge in [-0.15, -0.1) is 5.10 Å². The molecule has 0 radical (unpaired) electrons. The summed E-state index contributed by atoms with van der Waals surface area (Å²) < 4.78 is 39.1. The lowest BCUT2D eigenvalue weighted by Gasteiger charge is -2.26.